The maximum absolute atomic E-state index is 11.9. The molecule has 1 aliphatic carbocycles. The smallest absolute Gasteiger partial charge is 0.326 e. The molecule has 5 aromatic rings. The number of rotatable bonds is 16. The number of carboxylic acids is 1. The Morgan fingerprint density at radius 1 is 0.860 bits per heavy atom. The Morgan fingerprint density at radius 2 is 1.54 bits per heavy atom. The van der Waals surface area contributed by atoms with Crippen molar-refractivity contribution < 1.29 is 29.6 Å². The molecule has 0 radical (unpaired) electrons. The van der Waals surface area contributed by atoms with E-state index in [4.69, 9.17) is 21.1 Å². The third-order valence-corrected chi connectivity index (χ3v) is 11.2. The van der Waals surface area contributed by atoms with Crippen molar-refractivity contribution in [2.24, 2.45) is 0 Å². The van der Waals surface area contributed by atoms with E-state index in [0.29, 0.717) is 39.3 Å². The number of benzene rings is 4. The Labute approximate surface area is 339 Å². The maximum atomic E-state index is 11.9. The van der Waals surface area contributed by atoms with Gasteiger partial charge in [-0.05, 0) is 103 Å². The summed E-state index contributed by atoms with van der Waals surface area (Å²) in [5, 5.41) is 45.5. The third kappa shape index (κ3) is 10.2. The average molecular weight is 789 g/mol. The van der Waals surface area contributed by atoms with Crippen LogP contribution in [0.3, 0.4) is 0 Å². The summed E-state index contributed by atoms with van der Waals surface area (Å²) in [7, 11) is 0. The van der Waals surface area contributed by atoms with Gasteiger partial charge in [-0.25, -0.2) is 0 Å². The molecule has 1 heterocycles. The van der Waals surface area contributed by atoms with Crippen LogP contribution in [0.15, 0.2) is 91.3 Å². The molecule has 0 bridgehead atoms. The molecular weight excluding hydrogens is 740 g/mol. The Kier molecular flexibility index (Phi) is 13.6. The van der Waals surface area contributed by atoms with Crippen LogP contribution in [-0.4, -0.2) is 50.6 Å². The molecule has 57 heavy (non-hydrogen) atoms. The van der Waals surface area contributed by atoms with Gasteiger partial charge in [-0.1, -0.05) is 72.3 Å². The van der Waals surface area contributed by atoms with E-state index < -0.39 is 18.1 Å². The Bertz CT molecular complexity index is 2230. The van der Waals surface area contributed by atoms with Crippen LogP contribution in [0, 0.1) is 25.2 Å². The molecule has 1 fully saturated rings. The standard InChI is InChI=1S/C46H49ClN4O6/c1-29-35(6-4-8-40(29)41-9-5-7-39(30(41)2)34-12-10-31(11-13-34)24-50-37-14-16-38(53)17-15-37)27-57-44-20-43(56-26-33-18-32(21-48)22-49-23-33)36(19-42(44)47)25-51-46(3,28-52)45(54)55/h4-13,18-20,22-23,37-38,50-53H,14-17,24-28H2,1-3H3,(H,54,55). The van der Waals surface area contributed by atoms with E-state index in [1.54, 1.807) is 24.4 Å². The SMILES string of the molecule is Cc1c(COc2cc(OCc3cncc(C#N)c3)c(CNC(C)(CO)C(=O)O)cc2Cl)cccc1-c1cccc(-c2ccc(CNC3CCC(O)CC3)cc2)c1C. The fraction of sp³-hybridized carbons (Fsp3) is 0.326. The Balaban J connectivity index is 1.19. The van der Waals surface area contributed by atoms with Crippen molar-refractivity contribution >= 4 is 17.6 Å². The fourth-order valence-electron chi connectivity index (χ4n) is 7.11. The first-order chi connectivity index (χ1) is 27.5. The first-order valence-electron chi connectivity index (χ1n) is 19.2. The number of nitriles is 1. The highest BCUT2D eigenvalue weighted by Gasteiger charge is 2.32. The lowest BCUT2D eigenvalue weighted by Crippen LogP contribution is -2.52. The lowest BCUT2D eigenvalue weighted by Gasteiger charge is -2.26. The quantitative estimate of drug-likeness (QED) is 0.0663. The number of aliphatic hydroxyl groups excluding tert-OH is 2. The van der Waals surface area contributed by atoms with Crippen LogP contribution < -0.4 is 20.1 Å². The number of halogens is 1. The number of aliphatic hydroxyl groups is 2. The number of nitrogens with one attached hydrogen (secondary N) is 2. The zero-order valence-corrected chi connectivity index (χ0v) is 33.3. The topological polar surface area (TPSA) is 157 Å². The molecule has 1 aromatic heterocycles. The molecule has 10 nitrogen and oxygen atoms in total. The van der Waals surface area contributed by atoms with Crippen LogP contribution in [0.4, 0.5) is 0 Å². The van der Waals surface area contributed by atoms with Gasteiger partial charge < -0.3 is 30.1 Å². The van der Waals surface area contributed by atoms with Crippen LogP contribution in [0.2, 0.25) is 5.02 Å². The number of nitrogens with zero attached hydrogens (tertiary/aromatic N) is 2. The minimum atomic E-state index is -1.59. The molecule has 296 valence electrons. The van der Waals surface area contributed by atoms with Gasteiger partial charge in [0.25, 0.3) is 0 Å². The van der Waals surface area contributed by atoms with Crippen LogP contribution in [0.25, 0.3) is 22.3 Å². The number of aliphatic carboxylic acids is 1. The van der Waals surface area contributed by atoms with Crippen molar-refractivity contribution in [1.29, 1.82) is 5.26 Å². The van der Waals surface area contributed by atoms with Gasteiger partial charge in [-0.15, -0.1) is 0 Å². The Morgan fingerprint density at radius 3 is 2.25 bits per heavy atom. The Hall–Kier alpha value is -5.28. The van der Waals surface area contributed by atoms with E-state index in [0.717, 1.165) is 60.0 Å². The summed E-state index contributed by atoms with van der Waals surface area (Å²) in [6.45, 7) is 6.16. The molecule has 11 heteroatoms. The van der Waals surface area contributed by atoms with Crippen LogP contribution in [0.1, 0.15) is 71.6 Å². The van der Waals surface area contributed by atoms with Crippen molar-refractivity contribution in [1.82, 2.24) is 15.6 Å². The summed E-state index contributed by atoms with van der Waals surface area (Å²) >= 11 is 6.77. The first-order valence-corrected chi connectivity index (χ1v) is 19.6. The van der Waals surface area contributed by atoms with Crippen LogP contribution in [-0.2, 0) is 31.1 Å². The zero-order valence-electron chi connectivity index (χ0n) is 32.5. The molecular formula is C46H49ClN4O6. The molecule has 0 aliphatic heterocycles. The predicted octanol–water partition coefficient (Wildman–Crippen LogP) is 8.03. The highest BCUT2D eigenvalue weighted by Crippen LogP contribution is 2.37. The van der Waals surface area contributed by atoms with E-state index in [1.807, 2.05) is 12.1 Å². The number of pyridine rings is 1. The van der Waals surface area contributed by atoms with Crippen molar-refractivity contribution in [3.05, 3.63) is 135 Å². The summed E-state index contributed by atoms with van der Waals surface area (Å²) < 4.78 is 12.5. The van der Waals surface area contributed by atoms with Gasteiger partial charge in [0.1, 0.15) is 36.3 Å². The van der Waals surface area contributed by atoms with Crippen molar-refractivity contribution in [3.63, 3.8) is 0 Å². The molecule has 0 saturated heterocycles. The summed E-state index contributed by atoms with van der Waals surface area (Å²) in [4.78, 5) is 16.0. The van der Waals surface area contributed by atoms with Gasteiger partial charge in [-0.2, -0.15) is 5.26 Å². The number of aromatic nitrogens is 1. The molecule has 6 rings (SSSR count). The summed E-state index contributed by atoms with van der Waals surface area (Å²) in [5.74, 6) is -0.434. The van der Waals surface area contributed by atoms with E-state index in [1.165, 1.54) is 29.8 Å². The molecule has 1 saturated carbocycles. The molecule has 5 N–H and O–H groups in total. The predicted molar refractivity (Wildman–Crippen MR) is 221 cm³/mol. The van der Waals surface area contributed by atoms with Gasteiger partial charge in [0.05, 0.1) is 23.3 Å². The van der Waals surface area contributed by atoms with E-state index in [2.05, 4.69) is 84.1 Å². The van der Waals surface area contributed by atoms with Gasteiger partial charge in [0, 0.05) is 48.7 Å². The average Bonchev–Trinajstić information content (AvgIpc) is 3.22. The van der Waals surface area contributed by atoms with Gasteiger partial charge >= 0.3 is 5.97 Å². The normalized spacial score (nSPS) is 16.4. The molecule has 1 unspecified atom stereocenters. The summed E-state index contributed by atoms with van der Waals surface area (Å²) in [6.07, 6.45) is 6.67. The van der Waals surface area contributed by atoms with E-state index >= 15 is 0 Å². The van der Waals surface area contributed by atoms with E-state index in [9.17, 15) is 25.4 Å². The first kappa shape index (κ1) is 41.4. The lowest BCUT2D eigenvalue weighted by molar-refractivity contribution is -0.145. The van der Waals surface area contributed by atoms with Gasteiger partial charge in [0.15, 0.2) is 0 Å². The molecule has 1 aliphatic rings. The minimum absolute atomic E-state index is 0.0307. The van der Waals surface area contributed by atoms with E-state index in [-0.39, 0.29) is 25.9 Å². The lowest BCUT2D eigenvalue weighted by atomic mass is 9.89. The highest BCUT2D eigenvalue weighted by atomic mass is 35.5. The summed E-state index contributed by atoms with van der Waals surface area (Å²) in [5.41, 5.74) is 9.05. The number of ether oxygens (including phenoxy) is 2. The number of carbonyl (C=O) groups is 1. The van der Waals surface area contributed by atoms with Crippen LogP contribution >= 0.6 is 11.6 Å². The highest BCUT2D eigenvalue weighted by molar-refractivity contribution is 6.32. The molecule has 1 atom stereocenters. The van der Waals surface area contributed by atoms with Gasteiger partial charge in [0.2, 0.25) is 0 Å². The monoisotopic (exact) mass is 788 g/mol. The molecule has 4 aromatic carbocycles. The molecule has 0 amide bonds. The second-order valence-electron chi connectivity index (χ2n) is 15.0. The number of hydrogen-bond donors (Lipinski definition) is 5. The van der Waals surface area contributed by atoms with Crippen molar-refractivity contribution in [2.45, 2.75) is 90.4 Å². The van der Waals surface area contributed by atoms with Crippen molar-refractivity contribution in [3.8, 4) is 39.8 Å². The molecule has 0 spiro atoms. The van der Waals surface area contributed by atoms with Gasteiger partial charge in [-0.3, -0.25) is 15.1 Å². The second-order valence-corrected chi connectivity index (χ2v) is 15.4. The zero-order chi connectivity index (χ0) is 40.5. The summed E-state index contributed by atoms with van der Waals surface area (Å²) in [6, 6.07) is 28.9. The van der Waals surface area contributed by atoms with Crippen LogP contribution in [0.5, 0.6) is 11.5 Å². The largest absolute Gasteiger partial charge is 0.488 e. The number of carboxylic acid groups (broad SMARTS) is 1. The second kappa shape index (κ2) is 18.8. The maximum Gasteiger partial charge on any atom is 0.326 e. The third-order valence-electron chi connectivity index (χ3n) is 10.9. The minimum Gasteiger partial charge on any atom is -0.488 e. The van der Waals surface area contributed by atoms with Crippen molar-refractivity contribution in [2.75, 3.05) is 6.61 Å². The number of hydrogen-bond acceptors (Lipinski definition) is 9. The fourth-order valence-corrected chi connectivity index (χ4v) is 7.35.